The zero-order chi connectivity index (χ0) is 27.4. The fourth-order valence-corrected chi connectivity index (χ4v) is 4.24. The van der Waals surface area contributed by atoms with Crippen LogP contribution >= 0.6 is 0 Å². The summed E-state index contributed by atoms with van der Waals surface area (Å²) < 4.78 is 8.47. The first-order valence-electron chi connectivity index (χ1n) is 12.4. The van der Waals surface area contributed by atoms with Crippen LogP contribution in [-0.2, 0) is 35.5 Å². The number of hydrogen-bond donors (Lipinski definition) is 4. The number of carbonyl (C=O) groups is 3. The molecule has 200 valence electrons. The van der Waals surface area contributed by atoms with Gasteiger partial charge in [-0.05, 0) is 26.3 Å². The lowest BCUT2D eigenvalue weighted by Crippen LogP contribution is -2.37. The highest BCUT2D eigenvalue weighted by Crippen LogP contribution is 2.24. The van der Waals surface area contributed by atoms with E-state index in [0.717, 1.165) is 17.0 Å². The van der Waals surface area contributed by atoms with Crippen molar-refractivity contribution in [3.8, 4) is 0 Å². The molecule has 0 bridgehead atoms. The molecule has 0 spiro atoms. The van der Waals surface area contributed by atoms with Gasteiger partial charge in [-0.25, -0.2) is 9.36 Å². The van der Waals surface area contributed by atoms with E-state index in [-0.39, 0.29) is 18.2 Å². The Morgan fingerprint density at radius 3 is 2.21 bits per heavy atom. The van der Waals surface area contributed by atoms with Gasteiger partial charge in [0.2, 0.25) is 5.91 Å². The molecule has 0 aliphatic carbocycles. The fourth-order valence-electron chi connectivity index (χ4n) is 4.24. The maximum absolute atomic E-state index is 11.9. The minimum atomic E-state index is -0.469. The smallest absolute Gasteiger partial charge is 0.263 e. The summed E-state index contributed by atoms with van der Waals surface area (Å²) in [7, 11) is 0. The van der Waals surface area contributed by atoms with Crippen LogP contribution in [0.1, 0.15) is 57.1 Å². The number of carbonyl (C=O) groups excluding carboxylic acids is 3. The number of anilines is 2. The van der Waals surface area contributed by atoms with Crippen molar-refractivity contribution in [1.82, 2.24) is 30.2 Å². The Kier molecular flexibility index (Phi) is 7.91. The van der Waals surface area contributed by atoms with Gasteiger partial charge < -0.3 is 21.5 Å². The highest BCUT2D eigenvalue weighted by molar-refractivity contribution is 6.11. The number of hydrogen-bond acceptors (Lipinski definition) is 8. The fraction of sp³-hybridized carbons (Fsp3) is 0.346. The van der Waals surface area contributed by atoms with E-state index in [1.54, 1.807) is 9.36 Å². The Morgan fingerprint density at radius 1 is 0.947 bits per heavy atom. The number of nitrogens with two attached hydrogens (primary N) is 2. The molecule has 0 fully saturated rings. The van der Waals surface area contributed by atoms with Crippen LogP contribution in [0.25, 0.3) is 0 Å². The third-order valence-corrected chi connectivity index (χ3v) is 6.25. The van der Waals surface area contributed by atoms with Crippen LogP contribution in [-0.4, -0.2) is 50.5 Å². The molecule has 3 amide bonds. The Labute approximate surface area is 220 Å². The van der Waals surface area contributed by atoms with Gasteiger partial charge >= 0.3 is 0 Å². The first kappa shape index (κ1) is 26.6. The first-order chi connectivity index (χ1) is 18.2. The molecule has 12 nitrogen and oxygen atoms in total. The lowest BCUT2D eigenvalue weighted by atomic mass is 10.1. The molecule has 0 saturated heterocycles. The normalized spacial score (nSPS) is 15.3. The molecule has 0 radical (unpaired) electrons. The van der Waals surface area contributed by atoms with Crippen molar-refractivity contribution in [2.75, 3.05) is 24.7 Å². The average molecular weight is 521 g/mol. The van der Waals surface area contributed by atoms with E-state index >= 15 is 0 Å². The lowest BCUT2D eigenvalue weighted by molar-refractivity contribution is -0.119. The molecule has 2 aromatic heterocycles. The number of nitrogen functional groups attached to an aromatic ring is 2. The van der Waals surface area contributed by atoms with Gasteiger partial charge in [0.05, 0.1) is 37.5 Å². The minimum absolute atomic E-state index is 0.0895. The summed E-state index contributed by atoms with van der Waals surface area (Å²) in [6.07, 6.45) is 2.58. The number of amides is 3. The van der Waals surface area contributed by atoms with Gasteiger partial charge in [-0.15, -0.1) is 0 Å². The van der Waals surface area contributed by atoms with Crippen LogP contribution in [0.4, 0.5) is 11.6 Å². The minimum Gasteiger partial charge on any atom is -0.383 e. The second-order valence-electron chi connectivity index (χ2n) is 8.98. The molecule has 38 heavy (non-hydrogen) atoms. The third-order valence-electron chi connectivity index (χ3n) is 6.25. The molecular formula is C26H32N8O4. The summed E-state index contributed by atoms with van der Waals surface area (Å²) in [6.45, 7) is 8.06. The van der Waals surface area contributed by atoms with Crippen LogP contribution in [0.3, 0.4) is 0 Å². The van der Waals surface area contributed by atoms with Gasteiger partial charge in [0.1, 0.15) is 22.8 Å². The number of benzene rings is 1. The quantitative estimate of drug-likeness (QED) is 0.278. The van der Waals surface area contributed by atoms with Gasteiger partial charge in [0.25, 0.3) is 11.8 Å². The molecule has 5 rings (SSSR count). The number of imide groups is 1. The largest absolute Gasteiger partial charge is 0.383 e. The summed E-state index contributed by atoms with van der Waals surface area (Å²) in [4.78, 5) is 35.0. The Morgan fingerprint density at radius 2 is 1.55 bits per heavy atom. The molecule has 12 heteroatoms. The molecule has 1 aromatic carbocycles. The van der Waals surface area contributed by atoms with Crippen LogP contribution in [0.2, 0.25) is 0 Å². The topological polar surface area (TPSA) is 172 Å². The maximum Gasteiger partial charge on any atom is 0.263 e. The van der Waals surface area contributed by atoms with Crippen LogP contribution in [0, 0.1) is 6.92 Å². The van der Waals surface area contributed by atoms with Gasteiger partial charge in [0.15, 0.2) is 0 Å². The van der Waals surface area contributed by atoms with E-state index in [0.29, 0.717) is 61.2 Å². The monoisotopic (exact) mass is 520 g/mol. The molecule has 6 N–H and O–H groups in total. The van der Waals surface area contributed by atoms with Crippen molar-refractivity contribution in [3.63, 3.8) is 0 Å². The Bertz CT molecular complexity index is 1400. The highest BCUT2D eigenvalue weighted by Gasteiger charge is 2.29. The SMILES string of the molecule is C/C=C1\Cc2nn(CCOCC)c(N)c2C(=O)N1.Cc1ccc(Cn2nc3c(c2N)C(=O)NC(=O)C3)cc1. The number of ether oxygens (including phenoxy) is 1. The van der Waals surface area contributed by atoms with E-state index in [9.17, 15) is 14.4 Å². The number of aryl methyl sites for hydroxylation is 1. The number of nitrogens with zero attached hydrogens (tertiary/aromatic N) is 4. The number of fused-ring (bicyclic) bond motifs is 2. The van der Waals surface area contributed by atoms with Gasteiger partial charge in [-0.1, -0.05) is 35.9 Å². The van der Waals surface area contributed by atoms with Gasteiger partial charge in [-0.2, -0.15) is 10.2 Å². The van der Waals surface area contributed by atoms with Crippen LogP contribution < -0.4 is 22.1 Å². The van der Waals surface area contributed by atoms with Crippen molar-refractivity contribution >= 4 is 29.4 Å². The standard InChI is InChI=1S/C14H14N4O2.C12H18N4O2/c1-8-2-4-9(5-3-8)7-18-13(15)12-10(17-18)6-11(19)16-14(12)20;1-3-8-7-9-10(12(17)14-8)11(13)16(15-9)5-6-18-4-2/h2-5H,6-7,15H2,1H3,(H,16,19,20);3H,4-7,13H2,1-2H3,(H,14,17)/b;8-3+. The van der Waals surface area contributed by atoms with E-state index in [1.807, 2.05) is 51.1 Å². The molecular weight excluding hydrogens is 488 g/mol. The predicted molar refractivity (Wildman–Crippen MR) is 141 cm³/mol. The molecule has 2 aliphatic rings. The van der Waals surface area contributed by atoms with Crippen molar-refractivity contribution < 1.29 is 19.1 Å². The van der Waals surface area contributed by atoms with Crippen LogP contribution in [0.5, 0.6) is 0 Å². The van der Waals surface area contributed by atoms with Crippen LogP contribution in [0.15, 0.2) is 36.0 Å². The highest BCUT2D eigenvalue weighted by atomic mass is 16.5. The molecule has 0 saturated carbocycles. The van der Waals surface area contributed by atoms with E-state index < -0.39 is 5.91 Å². The number of rotatable bonds is 6. The molecule has 3 aromatic rings. The molecule has 0 atom stereocenters. The second kappa shape index (κ2) is 11.3. The summed E-state index contributed by atoms with van der Waals surface area (Å²) in [6, 6.07) is 7.98. The van der Waals surface area contributed by atoms with Gasteiger partial charge in [0, 0.05) is 18.7 Å². The van der Waals surface area contributed by atoms with E-state index in [2.05, 4.69) is 20.8 Å². The summed E-state index contributed by atoms with van der Waals surface area (Å²) in [5, 5.41) is 13.7. The maximum atomic E-state index is 11.9. The van der Waals surface area contributed by atoms with Gasteiger partial charge in [-0.3, -0.25) is 19.7 Å². The Hall–Kier alpha value is -4.45. The number of aromatic nitrogens is 4. The van der Waals surface area contributed by atoms with E-state index in [1.165, 1.54) is 5.56 Å². The molecule has 0 unspecified atom stereocenters. The summed E-state index contributed by atoms with van der Waals surface area (Å²) in [5.41, 5.74) is 17.0. The van der Waals surface area contributed by atoms with E-state index in [4.69, 9.17) is 16.2 Å². The number of allylic oxidation sites excluding steroid dienone is 2. The first-order valence-corrected chi connectivity index (χ1v) is 12.4. The average Bonchev–Trinajstić information content (AvgIpc) is 3.37. The van der Waals surface area contributed by atoms with Crippen molar-refractivity contribution in [1.29, 1.82) is 0 Å². The zero-order valence-electron chi connectivity index (χ0n) is 21.7. The van der Waals surface area contributed by atoms with Crippen molar-refractivity contribution in [2.24, 2.45) is 0 Å². The summed E-state index contributed by atoms with van der Waals surface area (Å²) in [5.74, 6) is -0.279. The molecule has 4 heterocycles. The third kappa shape index (κ3) is 5.59. The number of nitrogens with one attached hydrogen (secondary N) is 2. The second-order valence-corrected chi connectivity index (χ2v) is 8.98. The predicted octanol–water partition coefficient (Wildman–Crippen LogP) is 1.33. The molecule has 2 aliphatic heterocycles. The van der Waals surface area contributed by atoms with Crippen molar-refractivity contribution in [2.45, 2.75) is 46.7 Å². The van der Waals surface area contributed by atoms with Crippen molar-refractivity contribution in [3.05, 3.63) is 69.7 Å². The summed E-state index contributed by atoms with van der Waals surface area (Å²) >= 11 is 0. The Balaban J connectivity index is 0.000000178. The lowest BCUT2D eigenvalue weighted by Gasteiger charge is -2.14. The zero-order valence-corrected chi connectivity index (χ0v) is 21.7.